The molecule has 24 heavy (non-hydrogen) atoms. The summed E-state index contributed by atoms with van der Waals surface area (Å²) in [4.78, 5) is 41.4. The highest BCUT2D eigenvalue weighted by atomic mass is 16.2. The molecule has 1 aromatic carbocycles. The van der Waals surface area contributed by atoms with Crippen LogP contribution in [-0.4, -0.2) is 39.7 Å². The van der Waals surface area contributed by atoms with Crippen molar-refractivity contribution in [2.75, 3.05) is 0 Å². The Morgan fingerprint density at radius 2 is 2.00 bits per heavy atom. The molecule has 2 N–H and O–H groups in total. The lowest BCUT2D eigenvalue weighted by molar-refractivity contribution is -0.139. The van der Waals surface area contributed by atoms with Crippen LogP contribution in [0.15, 0.2) is 24.3 Å². The summed E-state index contributed by atoms with van der Waals surface area (Å²) in [7, 11) is 0. The third-order valence-electron chi connectivity index (χ3n) is 4.86. The number of aromatic nitrogens is 1. The van der Waals surface area contributed by atoms with E-state index in [0.717, 1.165) is 35.0 Å². The van der Waals surface area contributed by atoms with Crippen LogP contribution < -0.4 is 5.32 Å². The van der Waals surface area contributed by atoms with Crippen molar-refractivity contribution in [1.82, 2.24) is 15.2 Å². The topological polar surface area (TPSA) is 82.3 Å². The minimum absolute atomic E-state index is 0.0773. The predicted octanol–water partition coefficient (Wildman–Crippen LogP) is 1.42. The average Bonchev–Trinajstić information content (AvgIpc) is 3.24. The number of nitrogens with zero attached hydrogens (tertiary/aromatic N) is 1. The minimum Gasteiger partial charge on any atom is -0.358 e. The SMILES string of the molecule is Cc1[nH]c2ccccc2c1CC(=O)N(C1CC1)C1CC(=O)NC1=O. The summed E-state index contributed by atoms with van der Waals surface area (Å²) in [6.45, 7) is 1.95. The third kappa shape index (κ3) is 2.48. The maximum Gasteiger partial charge on any atom is 0.249 e. The van der Waals surface area contributed by atoms with Gasteiger partial charge in [0.2, 0.25) is 17.7 Å². The number of imide groups is 1. The van der Waals surface area contributed by atoms with E-state index in [0.29, 0.717) is 0 Å². The van der Waals surface area contributed by atoms with Gasteiger partial charge in [-0.25, -0.2) is 0 Å². The van der Waals surface area contributed by atoms with Crippen LogP contribution in [0.3, 0.4) is 0 Å². The van der Waals surface area contributed by atoms with Gasteiger partial charge in [-0.1, -0.05) is 18.2 Å². The molecule has 2 aliphatic rings. The van der Waals surface area contributed by atoms with Gasteiger partial charge >= 0.3 is 0 Å². The molecule has 0 spiro atoms. The number of fused-ring (bicyclic) bond motifs is 1. The molecule has 6 nitrogen and oxygen atoms in total. The normalized spacial score (nSPS) is 20.5. The number of amides is 3. The number of benzene rings is 1. The van der Waals surface area contributed by atoms with Crippen LogP contribution in [0.1, 0.15) is 30.5 Å². The molecule has 0 bridgehead atoms. The first kappa shape index (κ1) is 14.9. The summed E-state index contributed by atoms with van der Waals surface area (Å²) in [6, 6.07) is 7.32. The number of H-pyrrole nitrogens is 1. The molecule has 124 valence electrons. The molecule has 1 saturated heterocycles. The number of hydrogen-bond donors (Lipinski definition) is 2. The second-order valence-electron chi connectivity index (χ2n) is 6.62. The Morgan fingerprint density at radius 1 is 1.25 bits per heavy atom. The van der Waals surface area contributed by atoms with Crippen molar-refractivity contribution in [1.29, 1.82) is 0 Å². The molecule has 4 rings (SSSR count). The van der Waals surface area contributed by atoms with E-state index in [-0.39, 0.29) is 36.6 Å². The summed E-state index contributed by atoms with van der Waals surface area (Å²) < 4.78 is 0. The number of carbonyl (C=O) groups excluding carboxylic acids is 3. The zero-order valence-electron chi connectivity index (χ0n) is 13.5. The van der Waals surface area contributed by atoms with Crippen LogP contribution in [0.2, 0.25) is 0 Å². The van der Waals surface area contributed by atoms with Crippen LogP contribution >= 0.6 is 0 Å². The fourth-order valence-corrected chi connectivity index (χ4v) is 3.55. The summed E-state index contributed by atoms with van der Waals surface area (Å²) >= 11 is 0. The van der Waals surface area contributed by atoms with Gasteiger partial charge in [-0.05, 0) is 31.4 Å². The molecule has 1 atom stereocenters. The number of aryl methyl sites for hydroxylation is 1. The van der Waals surface area contributed by atoms with Gasteiger partial charge < -0.3 is 9.88 Å². The number of rotatable bonds is 4. The first-order valence-electron chi connectivity index (χ1n) is 8.25. The number of nitrogens with one attached hydrogen (secondary N) is 2. The maximum absolute atomic E-state index is 12.9. The molecule has 2 heterocycles. The molecule has 2 aromatic rings. The molecule has 1 unspecified atom stereocenters. The van der Waals surface area contributed by atoms with Crippen LogP contribution in [0.4, 0.5) is 0 Å². The smallest absolute Gasteiger partial charge is 0.249 e. The van der Waals surface area contributed by atoms with Crippen LogP contribution in [0.5, 0.6) is 0 Å². The number of carbonyl (C=O) groups is 3. The van der Waals surface area contributed by atoms with Crippen molar-refractivity contribution in [2.24, 2.45) is 0 Å². The van der Waals surface area contributed by atoms with Crippen molar-refractivity contribution in [3.05, 3.63) is 35.5 Å². The molecular weight excluding hydrogens is 306 g/mol. The van der Waals surface area contributed by atoms with E-state index in [1.165, 1.54) is 0 Å². The number of aromatic amines is 1. The lowest BCUT2D eigenvalue weighted by Crippen LogP contribution is -2.46. The van der Waals surface area contributed by atoms with Crippen LogP contribution in [0.25, 0.3) is 10.9 Å². The molecular formula is C18H19N3O3. The van der Waals surface area contributed by atoms with E-state index < -0.39 is 6.04 Å². The van der Waals surface area contributed by atoms with Gasteiger partial charge in [-0.2, -0.15) is 0 Å². The number of hydrogen-bond acceptors (Lipinski definition) is 3. The largest absolute Gasteiger partial charge is 0.358 e. The first-order valence-corrected chi connectivity index (χ1v) is 8.25. The van der Waals surface area contributed by atoms with Crippen molar-refractivity contribution in [2.45, 2.75) is 44.7 Å². The Balaban J connectivity index is 1.63. The second kappa shape index (κ2) is 5.47. The lowest BCUT2D eigenvalue weighted by atomic mass is 10.1. The quantitative estimate of drug-likeness (QED) is 0.834. The Kier molecular flexibility index (Phi) is 3.40. The highest BCUT2D eigenvalue weighted by Crippen LogP contribution is 2.32. The summed E-state index contributed by atoms with van der Waals surface area (Å²) in [6.07, 6.45) is 2.12. The maximum atomic E-state index is 12.9. The van der Waals surface area contributed by atoms with Gasteiger partial charge in [0.1, 0.15) is 6.04 Å². The fourth-order valence-electron chi connectivity index (χ4n) is 3.55. The number of para-hydroxylation sites is 1. The molecule has 1 saturated carbocycles. The van der Waals surface area contributed by atoms with Gasteiger partial charge in [0, 0.05) is 22.6 Å². The van der Waals surface area contributed by atoms with Crippen LogP contribution in [0, 0.1) is 6.92 Å². The minimum atomic E-state index is -0.650. The Bertz CT molecular complexity index is 850. The monoisotopic (exact) mass is 325 g/mol. The first-order chi connectivity index (χ1) is 11.5. The van der Waals surface area contributed by atoms with Crippen LogP contribution in [-0.2, 0) is 20.8 Å². The lowest BCUT2D eigenvalue weighted by Gasteiger charge is -2.27. The molecule has 1 aliphatic carbocycles. The molecule has 1 aliphatic heterocycles. The van der Waals surface area contributed by atoms with E-state index in [2.05, 4.69) is 10.3 Å². The van der Waals surface area contributed by atoms with Gasteiger partial charge in [0.15, 0.2) is 0 Å². The molecule has 1 aromatic heterocycles. The highest BCUT2D eigenvalue weighted by molar-refractivity contribution is 6.07. The van der Waals surface area contributed by atoms with Crippen molar-refractivity contribution in [3.63, 3.8) is 0 Å². The predicted molar refractivity (Wildman–Crippen MR) is 88.2 cm³/mol. The van der Waals surface area contributed by atoms with Crippen molar-refractivity contribution < 1.29 is 14.4 Å². The zero-order chi connectivity index (χ0) is 16.8. The Hall–Kier alpha value is -2.63. The van der Waals surface area contributed by atoms with E-state index in [4.69, 9.17) is 0 Å². The molecule has 3 amide bonds. The summed E-state index contributed by atoms with van der Waals surface area (Å²) in [5, 5.41) is 3.34. The highest BCUT2D eigenvalue weighted by Gasteiger charge is 2.44. The van der Waals surface area contributed by atoms with Gasteiger partial charge in [0.05, 0.1) is 12.8 Å². The second-order valence-corrected chi connectivity index (χ2v) is 6.62. The molecule has 6 heteroatoms. The van der Waals surface area contributed by atoms with Gasteiger partial charge in [-0.15, -0.1) is 0 Å². The van der Waals surface area contributed by atoms with Gasteiger partial charge in [-0.3, -0.25) is 19.7 Å². The van der Waals surface area contributed by atoms with Crippen molar-refractivity contribution >= 4 is 28.6 Å². The average molecular weight is 325 g/mol. The Labute approximate surface area is 139 Å². The summed E-state index contributed by atoms with van der Waals surface area (Å²) in [5.41, 5.74) is 2.93. The van der Waals surface area contributed by atoms with Crippen molar-refractivity contribution in [3.8, 4) is 0 Å². The molecule has 0 radical (unpaired) electrons. The third-order valence-corrected chi connectivity index (χ3v) is 4.86. The van der Waals surface area contributed by atoms with E-state index >= 15 is 0 Å². The van der Waals surface area contributed by atoms with E-state index in [1.807, 2.05) is 31.2 Å². The molecule has 2 fully saturated rings. The Morgan fingerprint density at radius 3 is 2.67 bits per heavy atom. The van der Waals surface area contributed by atoms with E-state index in [1.54, 1.807) is 4.90 Å². The zero-order valence-corrected chi connectivity index (χ0v) is 13.5. The van der Waals surface area contributed by atoms with Gasteiger partial charge in [0.25, 0.3) is 0 Å². The van der Waals surface area contributed by atoms with E-state index in [9.17, 15) is 14.4 Å². The standard InChI is InChI=1S/C18H19N3O3/c1-10-13(12-4-2-3-5-14(12)19-10)8-17(23)21(11-6-7-11)15-9-16(22)20-18(15)24/h2-5,11,15,19H,6-9H2,1H3,(H,20,22,24). The fraction of sp³-hybridized carbons (Fsp3) is 0.389. The summed E-state index contributed by atoms with van der Waals surface area (Å²) in [5.74, 6) is -0.733.